The van der Waals surface area contributed by atoms with Crippen molar-refractivity contribution in [3.8, 4) is 0 Å². The minimum atomic E-state index is 0. The van der Waals surface area contributed by atoms with E-state index in [1.54, 1.807) is 0 Å². The molecule has 0 aromatic heterocycles. The highest BCUT2D eigenvalue weighted by Gasteiger charge is 2.09. The Balaban J connectivity index is 0.00000112. The van der Waals surface area contributed by atoms with Crippen LogP contribution in [-0.2, 0) is 0 Å². The molecule has 0 fully saturated rings. The van der Waals surface area contributed by atoms with Crippen LogP contribution in [0.15, 0.2) is 27.7 Å². The van der Waals surface area contributed by atoms with Crippen LogP contribution in [0.5, 0.6) is 0 Å². The molecule has 1 aromatic carbocycles. The number of nitrogens with one attached hydrogen (secondary N) is 2. The predicted molar refractivity (Wildman–Crippen MR) is 70.3 cm³/mol. The van der Waals surface area contributed by atoms with E-state index in [2.05, 4.69) is 31.6 Å². The topological polar surface area (TPSA) is 36.4 Å². The quantitative estimate of drug-likeness (QED) is 0.837. The molecule has 0 saturated carbocycles. The molecule has 0 bridgehead atoms. The van der Waals surface area contributed by atoms with Gasteiger partial charge >= 0.3 is 0 Å². The second-order valence-corrected chi connectivity index (χ2v) is 4.14. The SMILES string of the molecule is Cl.Clc1cccc(Br)c1NC1=NCCN1. The van der Waals surface area contributed by atoms with Crippen molar-refractivity contribution in [2.45, 2.75) is 0 Å². The van der Waals surface area contributed by atoms with Crippen LogP contribution in [0.1, 0.15) is 0 Å². The van der Waals surface area contributed by atoms with E-state index in [0.29, 0.717) is 5.02 Å². The second kappa shape index (κ2) is 5.58. The highest BCUT2D eigenvalue weighted by atomic mass is 79.9. The smallest absolute Gasteiger partial charge is 0.195 e. The summed E-state index contributed by atoms with van der Waals surface area (Å²) in [6.07, 6.45) is 0. The zero-order valence-electron chi connectivity index (χ0n) is 7.76. The number of hydrogen-bond acceptors (Lipinski definition) is 3. The Hall–Kier alpha value is -0.450. The number of benzene rings is 1. The third-order valence-electron chi connectivity index (χ3n) is 1.88. The van der Waals surface area contributed by atoms with Crippen LogP contribution in [-0.4, -0.2) is 19.0 Å². The van der Waals surface area contributed by atoms with Crippen molar-refractivity contribution >= 4 is 51.6 Å². The minimum absolute atomic E-state index is 0. The van der Waals surface area contributed by atoms with Gasteiger partial charge in [-0.05, 0) is 28.1 Å². The lowest BCUT2D eigenvalue weighted by Crippen LogP contribution is -2.26. The fourth-order valence-electron chi connectivity index (χ4n) is 1.22. The first-order chi connectivity index (χ1) is 6.77. The molecule has 1 aromatic rings. The summed E-state index contributed by atoms with van der Waals surface area (Å²) in [6, 6.07) is 5.66. The first-order valence-corrected chi connectivity index (χ1v) is 5.44. The Morgan fingerprint density at radius 3 is 2.87 bits per heavy atom. The third-order valence-corrected chi connectivity index (χ3v) is 2.86. The summed E-state index contributed by atoms with van der Waals surface area (Å²) in [5.41, 5.74) is 0.849. The van der Waals surface area contributed by atoms with Gasteiger partial charge in [0.2, 0.25) is 0 Å². The van der Waals surface area contributed by atoms with Gasteiger partial charge in [0.05, 0.1) is 17.3 Å². The molecule has 0 atom stereocenters. The molecule has 1 heterocycles. The van der Waals surface area contributed by atoms with Crippen molar-refractivity contribution in [3.05, 3.63) is 27.7 Å². The number of para-hydroxylation sites is 1. The van der Waals surface area contributed by atoms with Gasteiger partial charge in [-0.1, -0.05) is 17.7 Å². The molecule has 0 spiro atoms. The van der Waals surface area contributed by atoms with E-state index in [1.807, 2.05) is 18.2 Å². The number of hydrogen-bond donors (Lipinski definition) is 2. The highest BCUT2D eigenvalue weighted by molar-refractivity contribution is 9.10. The van der Waals surface area contributed by atoms with Crippen LogP contribution in [0.3, 0.4) is 0 Å². The lowest BCUT2D eigenvalue weighted by atomic mass is 10.3. The lowest BCUT2D eigenvalue weighted by Gasteiger charge is -2.09. The second-order valence-electron chi connectivity index (χ2n) is 2.88. The molecule has 0 aliphatic carbocycles. The Morgan fingerprint density at radius 2 is 2.27 bits per heavy atom. The molecule has 6 heteroatoms. The van der Waals surface area contributed by atoms with E-state index < -0.39 is 0 Å². The van der Waals surface area contributed by atoms with Crippen molar-refractivity contribution in [1.29, 1.82) is 0 Å². The average molecular weight is 311 g/mol. The normalized spacial score (nSPS) is 13.9. The largest absolute Gasteiger partial charge is 0.354 e. The van der Waals surface area contributed by atoms with Gasteiger partial charge in [0, 0.05) is 11.0 Å². The molecule has 15 heavy (non-hydrogen) atoms. The van der Waals surface area contributed by atoms with Crippen LogP contribution in [0, 0.1) is 0 Å². The molecule has 1 aliphatic heterocycles. The maximum absolute atomic E-state index is 6.03. The molecule has 0 radical (unpaired) electrons. The minimum Gasteiger partial charge on any atom is -0.354 e. The number of rotatable bonds is 1. The van der Waals surface area contributed by atoms with Gasteiger partial charge in [0.25, 0.3) is 0 Å². The molecule has 82 valence electrons. The lowest BCUT2D eigenvalue weighted by molar-refractivity contribution is 0.959. The summed E-state index contributed by atoms with van der Waals surface area (Å²) in [7, 11) is 0. The maximum atomic E-state index is 6.03. The first kappa shape index (κ1) is 12.6. The van der Waals surface area contributed by atoms with E-state index >= 15 is 0 Å². The van der Waals surface area contributed by atoms with E-state index in [9.17, 15) is 0 Å². The maximum Gasteiger partial charge on any atom is 0.195 e. The Labute approximate surface area is 108 Å². The summed E-state index contributed by atoms with van der Waals surface area (Å²) in [6.45, 7) is 1.69. The fourth-order valence-corrected chi connectivity index (χ4v) is 2.02. The van der Waals surface area contributed by atoms with Gasteiger partial charge in [-0.3, -0.25) is 4.99 Å². The van der Waals surface area contributed by atoms with E-state index in [-0.39, 0.29) is 12.4 Å². The highest BCUT2D eigenvalue weighted by Crippen LogP contribution is 2.30. The summed E-state index contributed by atoms with van der Waals surface area (Å²) in [4.78, 5) is 4.23. The Bertz CT molecular complexity index is 361. The molecule has 1 aliphatic rings. The molecule has 2 N–H and O–H groups in total. The van der Waals surface area contributed by atoms with Gasteiger partial charge in [-0.15, -0.1) is 12.4 Å². The van der Waals surface area contributed by atoms with Crippen molar-refractivity contribution in [2.24, 2.45) is 4.99 Å². The number of nitrogens with zero attached hydrogens (tertiary/aromatic N) is 1. The van der Waals surface area contributed by atoms with Gasteiger partial charge in [-0.25, -0.2) is 0 Å². The van der Waals surface area contributed by atoms with Crippen LogP contribution in [0.25, 0.3) is 0 Å². The molecular weight excluding hydrogens is 301 g/mol. The van der Waals surface area contributed by atoms with Crippen molar-refractivity contribution in [1.82, 2.24) is 5.32 Å². The van der Waals surface area contributed by atoms with Crippen LogP contribution < -0.4 is 10.6 Å². The predicted octanol–water partition coefficient (Wildman–Crippen LogP) is 2.90. The van der Waals surface area contributed by atoms with E-state index in [4.69, 9.17) is 11.6 Å². The van der Waals surface area contributed by atoms with Gasteiger partial charge in [0.1, 0.15) is 0 Å². The monoisotopic (exact) mass is 309 g/mol. The molecular formula is C9H10BrCl2N3. The molecule has 0 amide bonds. The first-order valence-electron chi connectivity index (χ1n) is 4.27. The van der Waals surface area contributed by atoms with Gasteiger partial charge in [-0.2, -0.15) is 0 Å². The Morgan fingerprint density at radius 1 is 1.47 bits per heavy atom. The fraction of sp³-hybridized carbons (Fsp3) is 0.222. The van der Waals surface area contributed by atoms with E-state index in [1.165, 1.54) is 0 Å². The van der Waals surface area contributed by atoms with Crippen LogP contribution in [0.4, 0.5) is 5.69 Å². The number of guanidine groups is 1. The Kier molecular flexibility index (Phi) is 4.70. The van der Waals surface area contributed by atoms with Crippen LogP contribution in [0.2, 0.25) is 5.02 Å². The number of aliphatic imine (C=N–C) groups is 1. The third kappa shape index (κ3) is 3.00. The summed E-state index contributed by atoms with van der Waals surface area (Å²) >= 11 is 9.46. The van der Waals surface area contributed by atoms with Crippen LogP contribution >= 0.6 is 39.9 Å². The van der Waals surface area contributed by atoms with E-state index in [0.717, 1.165) is 29.2 Å². The number of anilines is 1. The van der Waals surface area contributed by atoms with Crippen molar-refractivity contribution < 1.29 is 0 Å². The van der Waals surface area contributed by atoms with Crippen molar-refractivity contribution in [2.75, 3.05) is 18.4 Å². The standard InChI is InChI=1S/C9H9BrClN3.ClH/c10-6-2-1-3-7(11)8(6)14-9-12-4-5-13-9;/h1-3H,4-5H2,(H2,12,13,14);1H. The molecule has 3 nitrogen and oxygen atoms in total. The molecule has 0 unspecified atom stereocenters. The van der Waals surface area contributed by atoms with Gasteiger partial charge < -0.3 is 10.6 Å². The van der Waals surface area contributed by atoms with Crippen molar-refractivity contribution in [3.63, 3.8) is 0 Å². The summed E-state index contributed by atoms with van der Waals surface area (Å²) < 4.78 is 0.932. The zero-order valence-corrected chi connectivity index (χ0v) is 10.9. The van der Waals surface area contributed by atoms with Gasteiger partial charge in [0.15, 0.2) is 5.96 Å². The zero-order chi connectivity index (χ0) is 9.97. The molecule has 0 saturated heterocycles. The molecule has 2 rings (SSSR count). The summed E-state index contributed by atoms with van der Waals surface area (Å²) in [5.74, 6) is 0.777. The summed E-state index contributed by atoms with van der Waals surface area (Å²) in [5, 5.41) is 6.93. The average Bonchev–Trinajstić information content (AvgIpc) is 2.64. The number of halogens is 3.